The predicted molar refractivity (Wildman–Crippen MR) is 75.8 cm³/mol. The van der Waals surface area contributed by atoms with Crippen molar-refractivity contribution in [1.82, 2.24) is 10.2 Å². The van der Waals surface area contributed by atoms with Crippen LogP contribution in [0.2, 0.25) is 0 Å². The van der Waals surface area contributed by atoms with Crippen molar-refractivity contribution in [3.8, 4) is 0 Å². The van der Waals surface area contributed by atoms with E-state index in [1.807, 2.05) is 0 Å². The number of piperidine rings is 1. The van der Waals surface area contributed by atoms with Crippen molar-refractivity contribution in [3.63, 3.8) is 0 Å². The fraction of sp³-hybridized carbons (Fsp3) is 1.00. The van der Waals surface area contributed by atoms with E-state index in [9.17, 15) is 0 Å². The molecule has 0 bridgehead atoms. The standard InChI is InChI=1S/C15H30N2O/c1-3-17-9-5-15(6-10-17)13(2)16-8-4-14-7-11-18-12-14/h13-16H,3-12H2,1-2H3. The fourth-order valence-corrected chi connectivity index (χ4v) is 3.26. The van der Waals surface area contributed by atoms with Gasteiger partial charge >= 0.3 is 0 Å². The lowest BCUT2D eigenvalue weighted by Gasteiger charge is -2.34. The van der Waals surface area contributed by atoms with Gasteiger partial charge in [-0.2, -0.15) is 0 Å². The van der Waals surface area contributed by atoms with Gasteiger partial charge in [0.2, 0.25) is 0 Å². The smallest absolute Gasteiger partial charge is 0.0495 e. The van der Waals surface area contributed by atoms with Crippen LogP contribution in [0.5, 0.6) is 0 Å². The summed E-state index contributed by atoms with van der Waals surface area (Å²) in [5.41, 5.74) is 0. The molecule has 0 spiro atoms. The first-order valence-corrected chi connectivity index (χ1v) is 7.83. The van der Waals surface area contributed by atoms with Gasteiger partial charge in [-0.05, 0) is 70.6 Å². The first kappa shape index (κ1) is 14.3. The summed E-state index contributed by atoms with van der Waals surface area (Å²) in [6, 6.07) is 0.686. The summed E-state index contributed by atoms with van der Waals surface area (Å²) in [4.78, 5) is 2.57. The number of rotatable bonds is 6. The molecule has 2 unspecified atom stereocenters. The average molecular weight is 254 g/mol. The molecule has 2 rings (SSSR count). The highest BCUT2D eigenvalue weighted by molar-refractivity contribution is 4.79. The third-order valence-electron chi connectivity index (χ3n) is 4.83. The van der Waals surface area contributed by atoms with E-state index in [0.29, 0.717) is 6.04 Å². The van der Waals surface area contributed by atoms with E-state index in [0.717, 1.165) is 25.0 Å². The maximum absolute atomic E-state index is 5.42. The number of likely N-dealkylation sites (tertiary alicyclic amines) is 1. The zero-order valence-corrected chi connectivity index (χ0v) is 12.2. The number of hydrogen-bond donors (Lipinski definition) is 1. The molecule has 2 aliphatic rings. The first-order chi connectivity index (χ1) is 8.79. The molecule has 0 amide bonds. The van der Waals surface area contributed by atoms with Gasteiger partial charge in [0.05, 0.1) is 0 Å². The summed E-state index contributed by atoms with van der Waals surface area (Å²) in [6.07, 6.45) is 5.30. The number of nitrogens with zero attached hydrogens (tertiary/aromatic N) is 1. The Labute approximate surface area is 112 Å². The fourth-order valence-electron chi connectivity index (χ4n) is 3.26. The van der Waals surface area contributed by atoms with E-state index >= 15 is 0 Å². The van der Waals surface area contributed by atoms with Crippen LogP contribution >= 0.6 is 0 Å². The minimum Gasteiger partial charge on any atom is -0.381 e. The van der Waals surface area contributed by atoms with E-state index in [4.69, 9.17) is 4.74 Å². The largest absolute Gasteiger partial charge is 0.381 e. The Morgan fingerprint density at radius 2 is 2.06 bits per heavy atom. The Hall–Kier alpha value is -0.120. The van der Waals surface area contributed by atoms with Crippen LogP contribution in [0.1, 0.15) is 39.5 Å². The molecule has 1 N–H and O–H groups in total. The predicted octanol–water partition coefficient (Wildman–Crippen LogP) is 2.12. The molecule has 0 aromatic carbocycles. The molecule has 3 nitrogen and oxygen atoms in total. The third kappa shape index (κ3) is 4.22. The van der Waals surface area contributed by atoms with Crippen LogP contribution < -0.4 is 5.32 Å². The summed E-state index contributed by atoms with van der Waals surface area (Å²) in [7, 11) is 0. The number of ether oxygens (including phenoxy) is 1. The van der Waals surface area contributed by atoms with Crippen molar-refractivity contribution < 1.29 is 4.74 Å². The van der Waals surface area contributed by atoms with Gasteiger partial charge in [-0.25, -0.2) is 0 Å². The Balaban J connectivity index is 1.58. The highest BCUT2D eigenvalue weighted by Crippen LogP contribution is 2.21. The molecule has 2 aliphatic heterocycles. The van der Waals surface area contributed by atoms with Crippen LogP contribution in [-0.4, -0.2) is 50.3 Å². The maximum atomic E-state index is 5.42. The monoisotopic (exact) mass is 254 g/mol. The van der Waals surface area contributed by atoms with Gasteiger partial charge in [-0.3, -0.25) is 0 Å². The number of hydrogen-bond acceptors (Lipinski definition) is 3. The molecule has 106 valence electrons. The highest BCUT2D eigenvalue weighted by Gasteiger charge is 2.23. The van der Waals surface area contributed by atoms with E-state index in [2.05, 4.69) is 24.1 Å². The first-order valence-electron chi connectivity index (χ1n) is 7.83. The minimum absolute atomic E-state index is 0.686. The second kappa shape index (κ2) is 7.46. The van der Waals surface area contributed by atoms with Gasteiger partial charge < -0.3 is 15.0 Å². The Kier molecular flexibility index (Phi) is 5.93. The summed E-state index contributed by atoms with van der Waals surface area (Å²) in [5, 5.41) is 3.74. The molecule has 0 radical (unpaired) electrons. The Bertz CT molecular complexity index is 221. The van der Waals surface area contributed by atoms with Crippen LogP contribution in [0.3, 0.4) is 0 Å². The van der Waals surface area contributed by atoms with Gasteiger partial charge in [0.25, 0.3) is 0 Å². The molecule has 2 atom stereocenters. The summed E-state index contributed by atoms with van der Waals surface area (Å²) < 4.78 is 5.42. The van der Waals surface area contributed by atoms with E-state index in [-0.39, 0.29) is 0 Å². The molecule has 18 heavy (non-hydrogen) atoms. The van der Waals surface area contributed by atoms with Gasteiger partial charge in [-0.1, -0.05) is 6.92 Å². The highest BCUT2D eigenvalue weighted by atomic mass is 16.5. The van der Waals surface area contributed by atoms with Crippen molar-refractivity contribution in [2.75, 3.05) is 39.4 Å². The zero-order valence-electron chi connectivity index (χ0n) is 12.2. The SMILES string of the molecule is CCN1CCC(C(C)NCCC2CCOC2)CC1. The molecule has 2 saturated heterocycles. The van der Waals surface area contributed by atoms with Crippen molar-refractivity contribution >= 4 is 0 Å². The van der Waals surface area contributed by atoms with Crippen LogP contribution in [0.15, 0.2) is 0 Å². The molecule has 3 heteroatoms. The Morgan fingerprint density at radius 1 is 1.28 bits per heavy atom. The molecule has 0 saturated carbocycles. The van der Waals surface area contributed by atoms with Crippen LogP contribution in [0, 0.1) is 11.8 Å². The maximum Gasteiger partial charge on any atom is 0.0495 e. The third-order valence-corrected chi connectivity index (χ3v) is 4.83. The molecular formula is C15H30N2O. The normalized spacial score (nSPS) is 28.7. The second-order valence-corrected chi connectivity index (χ2v) is 6.03. The lowest BCUT2D eigenvalue weighted by Crippen LogP contribution is -2.42. The van der Waals surface area contributed by atoms with Crippen molar-refractivity contribution in [1.29, 1.82) is 0 Å². The minimum atomic E-state index is 0.686. The van der Waals surface area contributed by atoms with Crippen LogP contribution in [0.25, 0.3) is 0 Å². The summed E-state index contributed by atoms with van der Waals surface area (Å²) >= 11 is 0. The van der Waals surface area contributed by atoms with Crippen LogP contribution in [-0.2, 0) is 4.74 Å². The average Bonchev–Trinajstić information content (AvgIpc) is 2.92. The van der Waals surface area contributed by atoms with Crippen molar-refractivity contribution in [2.45, 2.75) is 45.6 Å². The second-order valence-electron chi connectivity index (χ2n) is 6.03. The lowest BCUT2D eigenvalue weighted by molar-refractivity contribution is 0.166. The molecule has 0 aromatic rings. The van der Waals surface area contributed by atoms with Gasteiger partial charge in [0, 0.05) is 19.3 Å². The quantitative estimate of drug-likeness (QED) is 0.786. The van der Waals surface area contributed by atoms with Crippen molar-refractivity contribution in [3.05, 3.63) is 0 Å². The van der Waals surface area contributed by atoms with Gasteiger partial charge in [0.1, 0.15) is 0 Å². The van der Waals surface area contributed by atoms with Crippen LogP contribution in [0.4, 0.5) is 0 Å². The van der Waals surface area contributed by atoms with E-state index in [1.54, 1.807) is 0 Å². The van der Waals surface area contributed by atoms with Gasteiger partial charge in [0.15, 0.2) is 0 Å². The molecule has 0 aromatic heterocycles. The molecule has 2 fully saturated rings. The van der Waals surface area contributed by atoms with Gasteiger partial charge in [-0.15, -0.1) is 0 Å². The zero-order chi connectivity index (χ0) is 12.8. The molecular weight excluding hydrogens is 224 g/mol. The summed E-state index contributed by atoms with van der Waals surface area (Å²) in [5.74, 6) is 1.69. The molecule has 0 aliphatic carbocycles. The Morgan fingerprint density at radius 3 is 2.67 bits per heavy atom. The van der Waals surface area contributed by atoms with E-state index < -0.39 is 0 Å². The van der Waals surface area contributed by atoms with Crippen molar-refractivity contribution in [2.24, 2.45) is 11.8 Å². The topological polar surface area (TPSA) is 24.5 Å². The van der Waals surface area contributed by atoms with E-state index in [1.165, 1.54) is 51.9 Å². The molecule has 2 heterocycles. The lowest BCUT2D eigenvalue weighted by atomic mass is 9.90. The summed E-state index contributed by atoms with van der Waals surface area (Å²) in [6.45, 7) is 11.6. The number of nitrogens with one attached hydrogen (secondary N) is 1.